The van der Waals surface area contributed by atoms with Crippen molar-refractivity contribution in [2.75, 3.05) is 13.2 Å². The molecule has 6 heteroatoms. The molecule has 1 unspecified atom stereocenters. The van der Waals surface area contributed by atoms with Crippen molar-refractivity contribution in [1.29, 1.82) is 0 Å². The Kier molecular flexibility index (Phi) is 66.2. The van der Waals surface area contributed by atoms with E-state index in [-0.39, 0.29) is 31.1 Å². The average Bonchev–Trinajstić information content (AvgIpc) is 3.47. The number of hydrogen-bond donors (Lipinski definition) is 0. The molecule has 0 radical (unpaired) electrons. The second-order valence-electron chi connectivity index (χ2n) is 23.0. The Bertz CT molecular complexity index is 1640. The number of ether oxygens (including phenoxy) is 3. The van der Waals surface area contributed by atoms with Crippen LogP contribution in [0.15, 0.2) is 109 Å². The van der Waals surface area contributed by atoms with Gasteiger partial charge in [-0.1, -0.05) is 304 Å². The molecule has 470 valence electrons. The Hall–Kier alpha value is -3.93. The van der Waals surface area contributed by atoms with E-state index in [0.717, 1.165) is 116 Å². The molecule has 0 fully saturated rings. The number of unbranched alkanes of at least 4 members (excludes halogenated alkanes) is 34. The van der Waals surface area contributed by atoms with Gasteiger partial charge in [-0.05, 0) is 122 Å². The number of hydrogen-bond acceptors (Lipinski definition) is 6. The van der Waals surface area contributed by atoms with Gasteiger partial charge in [0.15, 0.2) is 6.10 Å². The lowest BCUT2D eigenvalue weighted by Crippen LogP contribution is -2.30. The first-order chi connectivity index (χ1) is 40.5. The summed E-state index contributed by atoms with van der Waals surface area (Å²) in [6, 6.07) is 0. The zero-order valence-corrected chi connectivity index (χ0v) is 54.0. The van der Waals surface area contributed by atoms with Gasteiger partial charge in [-0.2, -0.15) is 0 Å². The van der Waals surface area contributed by atoms with E-state index >= 15 is 0 Å². The van der Waals surface area contributed by atoms with Gasteiger partial charge in [0.2, 0.25) is 0 Å². The maximum Gasteiger partial charge on any atom is 0.306 e. The lowest BCUT2D eigenvalue weighted by molar-refractivity contribution is -0.167. The smallest absolute Gasteiger partial charge is 0.306 e. The van der Waals surface area contributed by atoms with Crippen molar-refractivity contribution < 1.29 is 28.6 Å². The third-order valence-electron chi connectivity index (χ3n) is 15.0. The second-order valence-corrected chi connectivity index (χ2v) is 23.0. The topological polar surface area (TPSA) is 78.9 Å². The van der Waals surface area contributed by atoms with Crippen LogP contribution in [0.25, 0.3) is 0 Å². The molecule has 0 saturated heterocycles. The number of esters is 3. The van der Waals surface area contributed by atoms with Crippen LogP contribution in [0.2, 0.25) is 0 Å². The number of carbonyl (C=O) groups is 3. The highest BCUT2D eigenvalue weighted by atomic mass is 16.6. The normalized spacial score (nSPS) is 12.8. The van der Waals surface area contributed by atoms with Gasteiger partial charge in [0.25, 0.3) is 0 Å². The van der Waals surface area contributed by atoms with E-state index in [2.05, 4.69) is 130 Å². The highest BCUT2D eigenvalue weighted by Gasteiger charge is 2.19. The van der Waals surface area contributed by atoms with Crippen LogP contribution in [-0.2, 0) is 28.6 Å². The highest BCUT2D eigenvalue weighted by molar-refractivity contribution is 5.71. The van der Waals surface area contributed by atoms with Gasteiger partial charge in [0.05, 0.1) is 0 Å². The standard InChI is InChI=1S/C76H130O6/c1-4-7-10-13-16-19-22-25-28-31-34-36-37-38-39-41-42-45-48-51-54-57-60-63-66-69-75(78)81-72-73(71-80-74(77)68-65-62-59-56-53-50-47-44-33-30-27-24-21-18-15-12-9-6-3)82-76(79)70-67-64-61-58-55-52-49-46-43-40-35-32-29-26-23-20-17-14-11-8-5-2/h7-8,10-11,16-17,19-20,25-26,28-30,33-36,40,73H,4-6,9,12-15,18,21-24,27,31-32,37-39,41-72H2,1-3H3/b10-7-,11-8-,19-16-,20-17-,28-25-,29-26-,33-30-,36-34-,40-35-. The average molecular weight is 1140 g/mol. The third-order valence-corrected chi connectivity index (χ3v) is 15.0. The molecule has 0 spiro atoms. The van der Waals surface area contributed by atoms with Crippen LogP contribution < -0.4 is 0 Å². The van der Waals surface area contributed by atoms with Crippen molar-refractivity contribution in [3.8, 4) is 0 Å². The lowest BCUT2D eigenvalue weighted by atomic mass is 10.0. The van der Waals surface area contributed by atoms with Gasteiger partial charge in [0, 0.05) is 19.3 Å². The molecule has 0 aromatic rings. The Labute approximate surface area is 508 Å². The summed E-state index contributed by atoms with van der Waals surface area (Å²) in [5.41, 5.74) is 0. The maximum atomic E-state index is 13.0. The van der Waals surface area contributed by atoms with Gasteiger partial charge in [-0.3, -0.25) is 14.4 Å². The fourth-order valence-electron chi connectivity index (χ4n) is 9.83. The lowest BCUT2D eigenvalue weighted by Gasteiger charge is -2.18. The molecular formula is C76H130O6. The molecule has 0 saturated carbocycles. The molecule has 0 aromatic heterocycles. The van der Waals surface area contributed by atoms with E-state index in [1.54, 1.807) is 0 Å². The van der Waals surface area contributed by atoms with Crippen molar-refractivity contribution >= 4 is 17.9 Å². The number of allylic oxidation sites excluding steroid dienone is 18. The summed E-state index contributed by atoms with van der Waals surface area (Å²) in [4.78, 5) is 38.5. The van der Waals surface area contributed by atoms with E-state index in [4.69, 9.17) is 14.2 Å². The van der Waals surface area contributed by atoms with Crippen molar-refractivity contribution in [1.82, 2.24) is 0 Å². The van der Waals surface area contributed by atoms with Gasteiger partial charge in [-0.25, -0.2) is 0 Å². The van der Waals surface area contributed by atoms with Crippen LogP contribution >= 0.6 is 0 Å². The molecule has 0 N–H and O–H groups in total. The monoisotopic (exact) mass is 1140 g/mol. The summed E-state index contributed by atoms with van der Waals surface area (Å²) < 4.78 is 17.0. The zero-order chi connectivity index (χ0) is 59.2. The van der Waals surface area contributed by atoms with Gasteiger partial charge < -0.3 is 14.2 Å². The van der Waals surface area contributed by atoms with E-state index in [1.165, 1.54) is 180 Å². The van der Waals surface area contributed by atoms with Crippen molar-refractivity contribution in [3.63, 3.8) is 0 Å². The summed E-state index contributed by atoms with van der Waals surface area (Å²) >= 11 is 0. The molecule has 82 heavy (non-hydrogen) atoms. The predicted octanol–water partition coefficient (Wildman–Crippen LogP) is 24.2. The number of rotatable bonds is 63. The molecule has 0 amide bonds. The highest BCUT2D eigenvalue weighted by Crippen LogP contribution is 2.17. The quantitative estimate of drug-likeness (QED) is 0.0261. The van der Waals surface area contributed by atoms with Crippen LogP contribution in [0.5, 0.6) is 0 Å². The molecule has 0 aliphatic rings. The largest absolute Gasteiger partial charge is 0.462 e. The Morgan fingerprint density at radius 3 is 0.756 bits per heavy atom. The second kappa shape index (κ2) is 69.6. The van der Waals surface area contributed by atoms with Crippen LogP contribution in [0.3, 0.4) is 0 Å². The first kappa shape index (κ1) is 78.1. The summed E-state index contributed by atoms with van der Waals surface area (Å²) in [5.74, 6) is -0.883. The molecule has 0 aliphatic carbocycles. The molecule has 0 heterocycles. The summed E-state index contributed by atoms with van der Waals surface area (Å²) in [6.45, 7) is 6.44. The fourth-order valence-corrected chi connectivity index (χ4v) is 9.83. The first-order valence-electron chi connectivity index (χ1n) is 34.9. The zero-order valence-electron chi connectivity index (χ0n) is 54.0. The third kappa shape index (κ3) is 66.9. The van der Waals surface area contributed by atoms with Gasteiger partial charge in [0.1, 0.15) is 13.2 Å². The van der Waals surface area contributed by atoms with Crippen LogP contribution in [0, 0.1) is 0 Å². The predicted molar refractivity (Wildman–Crippen MR) is 357 cm³/mol. The van der Waals surface area contributed by atoms with Gasteiger partial charge in [-0.15, -0.1) is 0 Å². The molecule has 1 atom stereocenters. The summed E-state index contributed by atoms with van der Waals surface area (Å²) in [5, 5.41) is 0. The van der Waals surface area contributed by atoms with Crippen LogP contribution in [0.1, 0.15) is 335 Å². The molecule has 0 aliphatic heterocycles. The summed E-state index contributed by atoms with van der Waals surface area (Å²) in [6.07, 6.45) is 95.3. The van der Waals surface area contributed by atoms with E-state index in [9.17, 15) is 14.4 Å². The van der Waals surface area contributed by atoms with Gasteiger partial charge >= 0.3 is 17.9 Å². The van der Waals surface area contributed by atoms with E-state index < -0.39 is 6.10 Å². The van der Waals surface area contributed by atoms with Crippen LogP contribution in [0.4, 0.5) is 0 Å². The molecule has 6 nitrogen and oxygen atoms in total. The van der Waals surface area contributed by atoms with Crippen molar-refractivity contribution in [2.24, 2.45) is 0 Å². The SMILES string of the molecule is CC/C=C\C/C=C\C/C=C\C/C=C\CCCCCCCCCCCCCCC(=O)OCC(COC(=O)CCCCCCCCC/C=C\CCCCCCCCC)OC(=O)CCCCCCCCCC/C=C\C/C=C\C/C=C\C/C=C\CC. The molecule has 0 aromatic carbocycles. The Balaban J connectivity index is 4.38. The minimum atomic E-state index is -0.789. The van der Waals surface area contributed by atoms with Crippen molar-refractivity contribution in [3.05, 3.63) is 109 Å². The molecule has 0 rings (SSSR count). The van der Waals surface area contributed by atoms with E-state index in [1.807, 2.05) is 0 Å². The molecule has 0 bridgehead atoms. The van der Waals surface area contributed by atoms with Crippen molar-refractivity contribution in [2.45, 2.75) is 341 Å². The fraction of sp³-hybridized carbons (Fsp3) is 0.724. The Morgan fingerprint density at radius 1 is 0.256 bits per heavy atom. The Morgan fingerprint density at radius 2 is 0.476 bits per heavy atom. The first-order valence-corrected chi connectivity index (χ1v) is 34.9. The van der Waals surface area contributed by atoms with Crippen LogP contribution in [-0.4, -0.2) is 37.2 Å². The molecular weight excluding hydrogens is 1010 g/mol. The maximum absolute atomic E-state index is 13.0. The minimum absolute atomic E-state index is 0.0829. The summed E-state index contributed by atoms with van der Waals surface area (Å²) in [7, 11) is 0. The minimum Gasteiger partial charge on any atom is -0.462 e. The van der Waals surface area contributed by atoms with E-state index in [0.29, 0.717) is 19.3 Å². The number of carbonyl (C=O) groups excluding carboxylic acids is 3.